The first-order valence-corrected chi connectivity index (χ1v) is 6.27. The molecule has 2 N–H and O–H groups in total. The molecule has 0 saturated carbocycles. The van der Waals surface area contributed by atoms with E-state index in [-0.39, 0.29) is 5.41 Å². The van der Waals surface area contributed by atoms with E-state index in [1.54, 1.807) is 4.68 Å². The summed E-state index contributed by atoms with van der Waals surface area (Å²) in [6.45, 7) is 6.40. The summed E-state index contributed by atoms with van der Waals surface area (Å²) in [7, 11) is 1.87. The maximum absolute atomic E-state index is 6.14. The standard InChI is InChI=1S/C14H18ClN3/c1-14(2,3)12-11(13(16)18(4)17-12)9-5-7-10(15)8-6-9/h5-8H,16H2,1-4H3. The van der Waals surface area contributed by atoms with Crippen molar-refractivity contribution < 1.29 is 0 Å². The number of aryl methyl sites for hydroxylation is 1. The van der Waals surface area contributed by atoms with Gasteiger partial charge in [-0.3, -0.25) is 4.68 Å². The van der Waals surface area contributed by atoms with Crippen LogP contribution in [0.5, 0.6) is 0 Å². The number of rotatable bonds is 1. The molecule has 0 unspecified atom stereocenters. The number of hydrogen-bond acceptors (Lipinski definition) is 2. The van der Waals surface area contributed by atoms with E-state index in [0.717, 1.165) is 21.8 Å². The van der Waals surface area contributed by atoms with Crippen LogP contribution >= 0.6 is 11.6 Å². The molecular formula is C14H18ClN3. The Balaban J connectivity index is 2.66. The summed E-state index contributed by atoms with van der Waals surface area (Å²) in [6, 6.07) is 7.70. The SMILES string of the molecule is Cn1nc(C(C)(C)C)c(-c2ccc(Cl)cc2)c1N. The molecule has 2 aromatic rings. The first-order chi connectivity index (χ1) is 8.30. The number of hydrogen-bond donors (Lipinski definition) is 1. The van der Waals surface area contributed by atoms with Crippen molar-refractivity contribution in [2.24, 2.45) is 7.05 Å². The average molecular weight is 264 g/mol. The van der Waals surface area contributed by atoms with Crippen LogP contribution in [0.2, 0.25) is 5.02 Å². The Labute approximate surface area is 113 Å². The molecule has 18 heavy (non-hydrogen) atoms. The number of nitrogen functional groups attached to an aromatic ring is 1. The van der Waals surface area contributed by atoms with Crippen LogP contribution in [0.15, 0.2) is 24.3 Å². The normalized spacial score (nSPS) is 11.8. The first kappa shape index (κ1) is 13.0. The molecule has 1 aromatic carbocycles. The van der Waals surface area contributed by atoms with E-state index in [4.69, 9.17) is 17.3 Å². The van der Waals surface area contributed by atoms with E-state index in [1.165, 1.54) is 0 Å². The lowest BCUT2D eigenvalue weighted by Crippen LogP contribution is -2.13. The fourth-order valence-corrected chi connectivity index (χ4v) is 2.09. The highest BCUT2D eigenvalue weighted by atomic mass is 35.5. The molecule has 0 aliphatic carbocycles. The number of benzene rings is 1. The van der Waals surface area contributed by atoms with E-state index in [1.807, 2.05) is 31.3 Å². The summed E-state index contributed by atoms with van der Waals surface area (Å²) in [5.41, 5.74) is 9.14. The zero-order valence-corrected chi connectivity index (χ0v) is 11.9. The van der Waals surface area contributed by atoms with Crippen LogP contribution in [0.3, 0.4) is 0 Å². The first-order valence-electron chi connectivity index (χ1n) is 5.89. The fourth-order valence-electron chi connectivity index (χ4n) is 1.96. The lowest BCUT2D eigenvalue weighted by Gasteiger charge is -2.17. The number of anilines is 1. The Morgan fingerprint density at radius 2 is 1.72 bits per heavy atom. The molecule has 4 heteroatoms. The Hall–Kier alpha value is -1.48. The van der Waals surface area contributed by atoms with Crippen LogP contribution in [0, 0.1) is 0 Å². The molecular weight excluding hydrogens is 246 g/mol. The van der Waals surface area contributed by atoms with Gasteiger partial charge in [0.15, 0.2) is 0 Å². The van der Waals surface area contributed by atoms with Gasteiger partial charge in [0.05, 0.1) is 5.69 Å². The Morgan fingerprint density at radius 1 is 1.17 bits per heavy atom. The Morgan fingerprint density at radius 3 is 2.22 bits per heavy atom. The van der Waals surface area contributed by atoms with Gasteiger partial charge < -0.3 is 5.73 Å². The van der Waals surface area contributed by atoms with Gasteiger partial charge in [-0.05, 0) is 17.7 Å². The van der Waals surface area contributed by atoms with Crippen molar-refractivity contribution >= 4 is 17.4 Å². The van der Waals surface area contributed by atoms with Crippen molar-refractivity contribution in [2.75, 3.05) is 5.73 Å². The van der Waals surface area contributed by atoms with Gasteiger partial charge in [-0.15, -0.1) is 0 Å². The summed E-state index contributed by atoms with van der Waals surface area (Å²) in [5, 5.41) is 5.26. The molecule has 0 bridgehead atoms. The van der Waals surface area contributed by atoms with Crippen molar-refractivity contribution in [3.63, 3.8) is 0 Å². The van der Waals surface area contributed by atoms with Gasteiger partial charge in [-0.2, -0.15) is 5.10 Å². The van der Waals surface area contributed by atoms with E-state index in [9.17, 15) is 0 Å². The molecule has 0 radical (unpaired) electrons. The zero-order valence-electron chi connectivity index (χ0n) is 11.2. The van der Waals surface area contributed by atoms with E-state index >= 15 is 0 Å². The minimum Gasteiger partial charge on any atom is -0.383 e. The molecule has 2 rings (SSSR count). The van der Waals surface area contributed by atoms with Crippen LogP contribution in [0.1, 0.15) is 26.5 Å². The topological polar surface area (TPSA) is 43.8 Å². The second-order valence-corrected chi connectivity index (χ2v) is 5.93. The van der Waals surface area contributed by atoms with Crippen molar-refractivity contribution in [3.8, 4) is 11.1 Å². The molecule has 1 aromatic heterocycles. The number of nitrogens with zero attached hydrogens (tertiary/aromatic N) is 2. The number of nitrogens with two attached hydrogens (primary N) is 1. The van der Waals surface area contributed by atoms with Crippen LogP contribution in [-0.2, 0) is 12.5 Å². The average Bonchev–Trinajstić information content (AvgIpc) is 2.57. The third kappa shape index (κ3) is 2.23. The zero-order chi connectivity index (χ0) is 13.5. The maximum atomic E-state index is 6.14. The lowest BCUT2D eigenvalue weighted by atomic mass is 9.87. The van der Waals surface area contributed by atoms with Gasteiger partial charge in [0, 0.05) is 23.0 Å². The highest BCUT2D eigenvalue weighted by molar-refractivity contribution is 6.30. The van der Waals surface area contributed by atoms with Crippen molar-refractivity contribution in [1.29, 1.82) is 0 Å². The van der Waals surface area contributed by atoms with Gasteiger partial charge in [0.25, 0.3) is 0 Å². The summed E-state index contributed by atoms with van der Waals surface area (Å²) in [5.74, 6) is 0.683. The highest BCUT2D eigenvalue weighted by Gasteiger charge is 2.25. The summed E-state index contributed by atoms with van der Waals surface area (Å²) < 4.78 is 1.73. The molecule has 0 fully saturated rings. The minimum absolute atomic E-state index is 0.0512. The molecule has 0 atom stereocenters. The van der Waals surface area contributed by atoms with Gasteiger partial charge >= 0.3 is 0 Å². The van der Waals surface area contributed by atoms with Gasteiger partial charge in [-0.1, -0.05) is 44.5 Å². The van der Waals surface area contributed by atoms with Crippen LogP contribution in [0.25, 0.3) is 11.1 Å². The molecule has 0 aliphatic rings. The monoisotopic (exact) mass is 263 g/mol. The molecule has 3 nitrogen and oxygen atoms in total. The van der Waals surface area contributed by atoms with E-state index in [0.29, 0.717) is 5.82 Å². The van der Waals surface area contributed by atoms with Gasteiger partial charge in [0.1, 0.15) is 5.82 Å². The summed E-state index contributed by atoms with van der Waals surface area (Å²) in [4.78, 5) is 0. The van der Waals surface area contributed by atoms with Crippen LogP contribution in [-0.4, -0.2) is 9.78 Å². The molecule has 0 saturated heterocycles. The second kappa shape index (κ2) is 4.32. The van der Waals surface area contributed by atoms with Crippen LogP contribution in [0.4, 0.5) is 5.82 Å². The maximum Gasteiger partial charge on any atom is 0.129 e. The minimum atomic E-state index is -0.0512. The Kier molecular flexibility index (Phi) is 3.11. The van der Waals surface area contributed by atoms with Gasteiger partial charge in [-0.25, -0.2) is 0 Å². The molecule has 96 valence electrons. The predicted octanol–water partition coefficient (Wildman–Crippen LogP) is 3.62. The smallest absolute Gasteiger partial charge is 0.129 e. The predicted molar refractivity (Wildman–Crippen MR) is 76.8 cm³/mol. The second-order valence-electron chi connectivity index (χ2n) is 5.49. The summed E-state index contributed by atoms with van der Waals surface area (Å²) in [6.07, 6.45) is 0. The van der Waals surface area contributed by atoms with Gasteiger partial charge in [0.2, 0.25) is 0 Å². The molecule has 0 aliphatic heterocycles. The third-order valence-corrected chi connectivity index (χ3v) is 3.19. The van der Waals surface area contributed by atoms with Crippen LogP contribution < -0.4 is 5.73 Å². The van der Waals surface area contributed by atoms with E-state index in [2.05, 4.69) is 25.9 Å². The lowest BCUT2D eigenvalue weighted by molar-refractivity contribution is 0.555. The molecule has 1 heterocycles. The Bertz CT molecular complexity index is 562. The number of aromatic nitrogens is 2. The summed E-state index contributed by atoms with van der Waals surface area (Å²) >= 11 is 5.92. The number of halogens is 1. The molecule has 0 spiro atoms. The third-order valence-electron chi connectivity index (χ3n) is 2.93. The van der Waals surface area contributed by atoms with Crippen molar-refractivity contribution in [2.45, 2.75) is 26.2 Å². The molecule has 0 amide bonds. The fraction of sp³-hybridized carbons (Fsp3) is 0.357. The van der Waals surface area contributed by atoms with Crippen molar-refractivity contribution in [3.05, 3.63) is 35.0 Å². The quantitative estimate of drug-likeness (QED) is 0.854. The highest BCUT2D eigenvalue weighted by Crippen LogP contribution is 2.36. The largest absolute Gasteiger partial charge is 0.383 e. The van der Waals surface area contributed by atoms with Crippen molar-refractivity contribution in [1.82, 2.24) is 9.78 Å². The van der Waals surface area contributed by atoms with E-state index < -0.39 is 0 Å².